The number of non-ortho nitro benzene ring substituents is 1. The highest BCUT2D eigenvalue weighted by Gasteiger charge is 2.34. The third-order valence-electron chi connectivity index (χ3n) is 8.50. The van der Waals surface area contributed by atoms with E-state index < -0.39 is 17.1 Å². The third kappa shape index (κ3) is 9.56. The number of amides is 2. The predicted molar refractivity (Wildman–Crippen MR) is 174 cm³/mol. The summed E-state index contributed by atoms with van der Waals surface area (Å²) in [5.41, 5.74) is 5.82. The Morgan fingerprint density at radius 2 is 1.60 bits per heavy atom. The molecule has 2 aliphatic rings. The van der Waals surface area contributed by atoms with Crippen molar-refractivity contribution >= 4 is 28.9 Å². The van der Waals surface area contributed by atoms with Crippen LogP contribution in [-0.2, 0) is 25.7 Å². The number of ether oxygens (including phenoxy) is 2. The monoisotopic (exact) mass is 647 g/mol. The van der Waals surface area contributed by atoms with Gasteiger partial charge < -0.3 is 24.8 Å². The molecule has 13 heteroatoms. The number of hydrogen-bond acceptors (Lipinski definition) is 10. The van der Waals surface area contributed by atoms with Crippen molar-refractivity contribution in [2.75, 3.05) is 42.9 Å². The number of nitro benzene ring substituents is 1. The number of unbranched alkanes of at least 4 members (excludes halogenated alkanes) is 1. The van der Waals surface area contributed by atoms with Gasteiger partial charge in [-0.05, 0) is 48.2 Å². The van der Waals surface area contributed by atoms with Crippen molar-refractivity contribution in [3.63, 3.8) is 0 Å². The van der Waals surface area contributed by atoms with Crippen LogP contribution < -0.4 is 15.7 Å². The number of nitrogens with zero attached hydrogens (tertiary/aromatic N) is 3. The number of hydroxylamine groups is 1. The van der Waals surface area contributed by atoms with E-state index in [1.165, 1.54) is 12.1 Å². The minimum absolute atomic E-state index is 0.0392. The second-order valence-corrected chi connectivity index (χ2v) is 11.8. The number of piperazine rings is 1. The Labute approximate surface area is 273 Å². The number of nitrogens with one attached hydrogen (secondary N) is 2. The fourth-order valence-corrected chi connectivity index (χ4v) is 5.91. The number of carbonyl (C=O) groups is 2. The summed E-state index contributed by atoms with van der Waals surface area (Å²) in [4.78, 5) is 39.0. The largest absolute Gasteiger partial charge is 0.392 e. The first-order valence-electron chi connectivity index (χ1n) is 15.9. The molecule has 3 aromatic carbocycles. The van der Waals surface area contributed by atoms with Gasteiger partial charge in [0.2, 0.25) is 11.8 Å². The molecule has 0 bridgehead atoms. The fourth-order valence-electron chi connectivity index (χ4n) is 5.91. The highest BCUT2D eigenvalue weighted by Crippen LogP contribution is 2.39. The van der Waals surface area contributed by atoms with E-state index in [2.05, 4.69) is 15.1 Å². The molecule has 47 heavy (non-hydrogen) atoms. The van der Waals surface area contributed by atoms with E-state index in [0.29, 0.717) is 31.5 Å². The van der Waals surface area contributed by atoms with E-state index in [1.807, 2.05) is 42.5 Å². The van der Waals surface area contributed by atoms with Crippen LogP contribution in [0.3, 0.4) is 0 Å². The number of rotatable bonds is 13. The molecule has 2 aliphatic heterocycles. The fraction of sp³-hybridized carbons (Fsp3) is 0.412. The van der Waals surface area contributed by atoms with Crippen molar-refractivity contribution in [2.24, 2.45) is 0 Å². The van der Waals surface area contributed by atoms with Crippen LogP contribution in [0, 0.1) is 10.1 Å². The first-order valence-corrected chi connectivity index (χ1v) is 15.9. The molecule has 2 fully saturated rings. The quantitative estimate of drug-likeness (QED) is 0.0900. The molecular weight excluding hydrogens is 606 g/mol. The van der Waals surface area contributed by atoms with Crippen LogP contribution in [0.15, 0.2) is 72.8 Å². The first kappa shape index (κ1) is 33.9. The summed E-state index contributed by atoms with van der Waals surface area (Å²) in [5, 5.41) is 32.1. The Hall–Kier alpha value is -4.40. The van der Waals surface area contributed by atoms with Crippen molar-refractivity contribution < 1.29 is 34.3 Å². The summed E-state index contributed by atoms with van der Waals surface area (Å²) in [6, 6.07) is 21.8. The Bertz CT molecular complexity index is 1500. The first-order chi connectivity index (χ1) is 22.8. The molecule has 3 aromatic rings. The molecule has 13 nitrogen and oxygen atoms in total. The van der Waals surface area contributed by atoms with Gasteiger partial charge in [-0.3, -0.25) is 29.8 Å². The van der Waals surface area contributed by atoms with Crippen LogP contribution >= 0.6 is 0 Å². The van der Waals surface area contributed by atoms with Crippen molar-refractivity contribution in [2.45, 2.75) is 57.2 Å². The van der Waals surface area contributed by atoms with Gasteiger partial charge >= 0.3 is 0 Å². The number of aliphatic hydroxyl groups is 1. The van der Waals surface area contributed by atoms with Crippen molar-refractivity contribution in [3.8, 4) is 0 Å². The zero-order valence-corrected chi connectivity index (χ0v) is 26.1. The van der Waals surface area contributed by atoms with Gasteiger partial charge in [0.05, 0.1) is 23.7 Å². The number of benzene rings is 3. The zero-order chi connectivity index (χ0) is 33.2. The summed E-state index contributed by atoms with van der Waals surface area (Å²) in [5.74, 6) is -0.652. The van der Waals surface area contributed by atoms with Gasteiger partial charge in [0, 0.05) is 81.1 Å². The third-order valence-corrected chi connectivity index (χ3v) is 8.50. The van der Waals surface area contributed by atoms with Crippen molar-refractivity contribution in [1.82, 2.24) is 10.4 Å². The lowest BCUT2D eigenvalue weighted by Gasteiger charge is -2.41. The highest BCUT2D eigenvalue weighted by atomic mass is 16.7. The topological polar surface area (TPSA) is 167 Å². The Kier molecular flexibility index (Phi) is 11.9. The molecule has 3 atom stereocenters. The molecule has 2 saturated heterocycles. The van der Waals surface area contributed by atoms with Gasteiger partial charge in [-0.1, -0.05) is 36.4 Å². The van der Waals surface area contributed by atoms with Gasteiger partial charge in [0.25, 0.3) is 5.69 Å². The standard InChI is InChI=1S/C34H41N5O8/c40-23-24-8-10-25(11-9-24)31-21-30(22-37-16-18-38(19-17-37)28-12-14-29(15-13-28)39(44)45)46-34(47-31)26-4-3-5-27(20-26)35-32(41)6-1-2-7-33(42)36-43/h3-5,8-15,20,30-31,34,40,43H,1-2,6-7,16-19,21-23H2,(H,35,41)(H,36,42)/t30-,31+,34+/m0/s1. The average molecular weight is 648 g/mol. The van der Waals surface area contributed by atoms with Crippen molar-refractivity contribution in [3.05, 3.63) is 99.6 Å². The lowest BCUT2D eigenvalue weighted by atomic mass is 9.99. The minimum atomic E-state index is -0.675. The van der Waals surface area contributed by atoms with Gasteiger partial charge in [-0.15, -0.1) is 0 Å². The van der Waals surface area contributed by atoms with Crippen LogP contribution in [0.1, 0.15) is 61.2 Å². The van der Waals surface area contributed by atoms with E-state index in [-0.39, 0.29) is 43.3 Å². The van der Waals surface area contributed by atoms with Gasteiger partial charge in [-0.25, -0.2) is 5.48 Å². The van der Waals surface area contributed by atoms with Crippen molar-refractivity contribution in [1.29, 1.82) is 0 Å². The summed E-state index contributed by atoms with van der Waals surface area (Å²) in [6.45, 7) is 3.85. The van der Waals surface area contributed by atoms with Gasteiger partial charge in [0.15, 0.2) is 6.29 Å². The van der Waals surface area contributed by atoms with Gasteiger partial charge in [-0.2, -0.15) is 0 Å². The average Bonchev–Trinajstić information content (AvgIpc) is 3.10. The maximum Gasteiger partial charge on any atom is 0.269 e. The smallest absolute Gasteiger partial charge is 0.269 e. The molecular formula is C34H41N5O8. The maximum atomic E-state index is 12.6. The van der Waals surface area contributed by atoms with Crippen LogP contribution in [-0.4, -0.2) is 70.8 Å². The molecule has 0 aliphatic carbocycles. The number of carbonyl (C=O) groups excluding carboxylic acids is 2. The molecule has 2 heterocycles. The van der Waals surface area contributed by atoms with Crippen LogP contribution in [0.4, 0.5) is 17.1 Å². The second kappa shape index (κ2) is 16.4. The van der Waals surface area contributed by atoms with E-state index in [0.717, 1.165) is 48.6 Å². The molecule has 2 amide bonds. The minimum Gasteiger partial charge on any atom is -0.392 e. The maximum absolute atomic E-state index is 12.6. The second-order valence-electron chi connectivity index (χ2n) is 11.8. The van der Waals surface area contributed by atoms with E-state index in [4.69, 9.17) is 14.7 Å². The number of hydrogen-bond donors (Lipinski definition) is 4. The molecule has 0 aromatic heterocycles. The highest BCUT2D eigenvalue weighted by molar-refractivity contribution is 5.90. The number of nitro groups is 1. The SMILES string of the molecule is O=C(CCCCC(=O)Nc1cccc([C@@H]2O[C@H](CN3CCN(c4ccc([N+](=O)[O-])cc4)CC3)C[C@H](c3ccc(CO)cc3)O2)c1)NO. The molecule has 0 unspecified atom stereocenters. The van der Waals surface area contributed by atoms with Crippen LogP contribution in [0.5, 0.6) is 0 Å². The summed E-state index contributed by atoms with van der Waals surface area (Å²) >= 11 is 0. The summed E-state index contributed by atoms with van der Waals surface area (Å²) < 4.78 is 13.0. The predicted octanol–water partition coefficient (Wildman–Crippen LogP) is 4.46. The zero-order valence-electron chi connectivity index (χ0n) is 26.1. The lowest BCUT2D eigenvalue weighted by Crippen LogP contribution is -2.49. The summed E-state index contributed by atoms with van der Waals surface area (Å²) in [6.07, 6.45) is 0.959. The van der Waals surface area contributed by atoms with Crippen LogP contribution in [0.25, 0.3) is 0 Å². The van der Waals surface area contributed by atoms with Crippen LogP contribution in [0.2, 0.25) is 0 Å². The molecule has 0 radical (unpaired) electrons. The molecule has 5 rings (SSSR count). The number of anilines is 2. The van der Waals surface area contributed by atoms with E-state index in [1.54, 1.807) is 23.7 Å². The Morgan fingerprint density at radius 3 is 2.26 bits per heavy atom. The Balaban J connectivity index is 1.23. The molecule has 4 N–H and O–H groups in total. The van der Waals surface area contributed by atoms with Gasteiger partial charge in [0.1, 0.15) is 0 Å². The molecule has 0 saturated carbocycles. The Morgan fingerprint density at radius 1 is 0.894 bits per heavy atom. The van der Waals surface area contributed by atoms with E-state index >= 15 is 0 Å². The normalized spacial score (nSPS) is 20.0. The summed E-state index contributed by atoms with van der Waals surface area (Å²) in [7, 11) is 0. The number of aliphatic hydroxyl groups excluding tert-OH is 1. The lowest BCUT2D eigenvalue weighted by molar-refractivity contribution is -0.384. The molecule has 0 spiro atoms. The van der Waals surface area contributed by atoms with E-state index in [9.17, 15) is 24.8 Å². The molecule has 250 valence electrons.